The number of carbonyl (C=O) groups excluding carboxylic acids is 1. The molecule has 0 aliphatic rings. The summed E-state index contributed by atoms with van der Waals surface area (Å²) < 4.78 is 0. The van der Waals surface area contributed by atoms with Crippen LogP contribution < -0.4 is 5.73 Å². The van der Waals surface area contributed by atoms with Gasteiger partial charge in [-0.25, -0.2) is 4.79 Å². The van der Waals surface area contributed by atoms with E-state index in [0.29, 0.717) is 0 Å². The first-order chi connectivity index (χ1) is 10.6. The zero-order chi connectivity index (χ0) is 16.2. The average Bonchev–Trinajstić information content (AvgIpc) is 2.53. The molecule has 0 bridgehead atoms. The second-order valence-electron chi connectivity index (χ2n) is 4.23. The van der Waals surface area contributed by atoms with Gasteiger partial charge < -0.3 is 10.8 Å². The maximum atomic E-state index is 10.3. The van der Waals surface area contributed by atoms with Crippen molar-refractivity contribution in [3.8, 4) is 0 Å². The molecule has 0 spiro atoms. The molecule has 2 aromatic rings. The first-order valence-corrected chi connectivity index (χ1v) is 6.56. The van der Waals surface area contributed by atoms with E-state index in [2.05, 4.69) is 0 Å². The van der Waals surface area contributed by atoms with Gasteiger partial charge in [0.05, 0.1) is 0 Å². The first-order valence-electron chi connectivity index (χ1n) is 6.56. The van der Waals surface area contributed by atoms with Gasteiger partial charge in [0.15, 0.2) is 0 Å². The highest BCUT2D eigenvalue weighted by Gasteiger charge is 1.86. The number of carboxylic acids is 1. The number of carbonyl (C=O) groups is 2. The molecule has 0 atom stereocenters. The van der Waals surface area contributed by atoms with E-state index in [4.69, 9.17) is 10.8 Å². The predicted octanol–water partition coefficient (Wildman–Crippen LogP) is 2.97. The number of rotatable bonds is 4. The van der Waals surface area contributed by atoms with E-state index in [0.717, 1.165) is 17.2 Å². The van der Waals surface area contributed by atoms with E-state index in [9.17, 15) is 9.59 Å². The number of primary amides is 1. The molecular formula is C18H17NO3. The highest BCUT2D eigenvalue weighted by atomic mass is 16.4. The van der Waals surface area contributed by atoms with Crippen LogP contribution in [0.4, 0.5) is 0 Å². The summed E-state index contributed by atoms with van der Waals surface area (Å²) in [6, 6.07) is 18.8. The van der Waals surface area contributed by atoms with Crippen molar-refractivity contribution in [3.63, 3.8) is 0 Å². The molecule has 22 heavy (non-hydrogen) atoms. The number of hydrogen-bond acceptors (Lipinski definition) is 2. The van der Waals surface area contributed by atoms with Crippen molar-refractivity contribution in [2.75, 3.05) is 0 Å². The molecule has 0 saturated carbocycles. The van der Waals surface area contributed by atoms with Crippen LogP contribution in [-0.2, 0) is 9.59 Å². The molecular weight excluding hydrogens is 278 g/mol. The molecule has 4 nitrogen and oxygen atoms in total. The molecule has 0 heterocycles. The molecule has 1 amide bonds. The van der Waals surface area contributed by atoms with Gasteiger partial charge in [-0.3, -0.25) is 4.79 Å². The Hall–Kier alpha value is -3.14. The monoisotopic (exact) mass is 295 g/mol. The number of carboxylic acid groups (broad SMARTS) is 1. The Bertz CT molecular complexity index is 587. The van der Waals surface area contributed by atoms with Crippen LogP contribution in [-0.4, -0.2) is 17.0 Å². The van der Waals surface area contributed by atoms with E-state index in [1.165, 1.54) is 6.08 Å². The predicted molar refractivity (Wildman–Crippen MR) is 87.8 cm³/mol. The number of amides is 1. The molecule has 0 aromatic heterocycles. The van der Waals surface area contributed by atoms with Gasteiger partial charge >= 0.3 is 5.97 Å². The van der Waals surface area contributed by atoms with E-state index < -0.39 is 11.9 Å². The fourth-order valence-electron chi connectivity index (χ4n) is 1.47. The lowest BCUT2D eigenvalue weighted by Crippen LogP contribution is -2.04. The number of hydrogen-bond donors (Lipinski definition) is 2. The third-order valence-corrected chi connectivity index (χ3v) is 2.46. The minimum Gasteiger partial charge on any atom is -0.478 e. The zero-order valence-corrected chi connectivity index (χ0v) is 11.9. The maximum Gasteiger partial charge on any atom is 0.328 e. The van der Waals surface area contributed by atoms with Crippen molar-refractivity contribution in [2.24, 2.45) is 5.73 Å². The second kappa shape index (κ2) is 9.72. The quantitative estimate of drug-likeness (QED) is 0.851. The van der Waals surface area contributed by atoms with Gasteiger partial charge in [-0.15, -0.1) is 0 Å². The van der Waals surface area contributed by atoms with Gasteiger partial charge in [0.1, 0.15) is 0 Å². The minimum atomic E-state index is -0.922. The van der Waals surface area contributed by atoms with Gasteiger partial charge in [0.2, 0.25) is 5.91 Å². The minimum absolute atomic E-state index is 0.422. The molecule has 3 N–H and O–H groups in total. The fourth-order valence-corrected chi connectivity index (χ4v) is 1.47. The lowest BCUT2D eigenvalue weighted by atomic mass is 10.2. The molecule has 4 heteroatoms. The molecule has 0 fully saturated rings. The van der Waals surface area contributed by atoms with Gasteiger partial charge in [0, 0.05) is 12.2 Å². The third-order valence-electron chi connectivity index (χ3n) is 2.46. The highest BCUT2D eigenvalue weighted by molar-refractivity contribution is 5.90. The molecule has 112 valence electrons. The topological polar surface area (TPSA) is 80.4 Å². The normalized spacial score (nSPS) is 10.2. The summed E-state index contributed by atoms with van der Waals surface area (Å²) in [7, 11) is 0. The summed E-state index contributed by atoms with van der Waals surface area (Å²) in [5.41, 5.74) is 6.79. The van der Waals surface area contributed by atoms with Gasteiger partial charge in [0.25, 0.3) is 0 Å². The molecule has 0 saturated heterocycles. The smallest absolute Gasteiger partial charge is 0.328 e. The van der Waals surface area contributed by atoms with Crippen LogP contribution >= 0.6 is 0 Å². The van der Waals surface area contributed by atoms with E-state index >= 15 is 0 Å². The van der Waals surface area contributed by atoms with E-state index in [-0.39, 0.29) is 0 Å². The lowest BCUT2D eigenvalue weighted by Gasteiger charge is -1.88. The van der Waals surface area contributed by atoms with E-state index in [1.54, 1.807) is 12.2 Å². The molecule has 0 radical (unpaired) electrons. The SMILES string of the molecule is NC(=O)/C=C/c1ccccc1.O=C(O)/C=C/c1ccccc1. The lowest BCUT2D eigenvalue weighted by molar-refractivity contribution is -0.131. The summed E-state index contributed by atoms with van der Waals surface area (Å²) in [4.78, 5) is 20.4. The van der Waals surface area contributed by atoms with Gasteiger partial charge in [-0.2, -0.15) is 0 Å². The van der Waals surface area contributed by atoms with Crippen molar-refractivity contribution >= 4 is 24.0 Å². The highest BCUT2D eigenvalue weighted by Crippen LogP contribution is 2.00. The second-order valence-corrected chi connectivity index (χ2v) is 4.23. The van der Waals surface area contributed by atoms with Crippen molar-refractivity contribution in [1.29, 1.82) is 0 Å². The molecule has 0 aliphatic heterocycles. The maximum absolute atomic E-state index is 10.3. The van der Waals surface area contributed by atoms with Crippen molar-refractivity contribution in [2.45, 2.75) is 0 Å². The number of aliphatic carboxylic acids is 1. The molecule has 0 aliphatic carbocycles. The van der Waals surface area contributed by atoms with Crippen LogP contribution in [0.1, 0.15) is 11.1 Å². The third kappa shape index (κ3) is 8.12. The van der Waals surface area contributed by atoms with Crippen LogP contribution in [0.25, 0.3) is 12.2 Å². The van der Waals surface area contributed by atoms with Crippen molar-refractivity contribution in [1.82, 2.24) is 0 Å². The van der Waals surface area contributed by atoms with Crippen LogP contribution in [0.3, 0.4) is 0 Å². The Labute approximate surface area is 129 Å². The Morgan fingerprint density at radius 1 is 0.773 bits per heavy atom. The average molecular weight is 295 g/mol. The van der Waals surface area contributed by atoms with Gasteiger partial charge in [-0.05, 0) is 23.3 Å². The molecule has 2 aromatic carbocycles. The van der Waals surface area contributed by atoms with Crippen molar-refractivity contribution in [3.05, 3.63) is 83.9 Å². The van der Waals surface area contributed by atoms with Crippen LogP contribution in [0.15, 0.2) is 72.8 Å². The van der Waals surface area contributed by atoms with Crippen LogP contribution in [0.5, 0.6) is 0 Å². The summed E-state index contributed by atoms with van der Waals surface area (Å²) in [5, 5.41) is 8.29. The summed E-state index contributed by atoms with van der Waals surface area (Å²) in [5.74, 6) is -1.34. The summed E-state index contributed by atoms with van der Waals surface area (Å²) in [6.45, 7) is 0. The summed E-state index contributed by atoms with van der Waals surface area (Å²) in [6.07, 6.45) is 5.70. The summed E-state index contributed by atoms with van der Waals surface area (Å²) >= 11 is 0. The Balaban J connectivity index is 0.000000220. The van der Waals surface area contributed by atoms with E-state index in [1.807, 2.05) is 60.7 Å². The standard InChI is InChI=1S/C9H9NO.C9H8O2/c2*10-9(11)7-6-8-4-2-1-3-5-8/h1-7H,(H2,10,11);1-7H,(H,10,11)/b2*7-6+. The number of benzene rings is 2. The zero-order valence-electron chi connectivity index (χ0n) is 11.9. The van der Waals surface area contributed by atoms with Crippen LogP contribution in [0.2, 0.25) is 0 Å². The Morgan fingerprint density at radius 3 is 1.55 bits per heavy atom. The largest absolute Gasteiger partial charge is 0.478 e. The van der Waals surface area contributed by atoms with Crippen LogP contribution in [0, 0.1) is 0 Å². The first kappa shape index (κ1) is 16.9. The Morgan fingerprint density at radius 2 is 1.18 bits per heavy atom. The Kier molecular flexibility index (Phi) is 7.47. The fraction of sp³-hybridized carbons (Fsp3) is 0. The molecule has 2 rings (SSSR count). The molecule has 0 unspecified atom stereocenters. The number of nitrogens with two attached hydrogens (primary N) is 1. The van der Waals surface area contributed by atoms with Crippen molar-refractivity contribution < 1.29 is 14.7 Å². The van der Waals surface area contributed by atoms with Gasteiger partial charge in [-0.1, -0.05) is 60.7 Å².